The van der Waals surface area contributed by atoms with Gasteiger partial charge in [-0.15, -0.1) is 0 Å². The van der Waals surface area contributed by atoms with Gasteiger partial charge < -0.3 is 15.8 Å². The van der Waals surface area contributed by atoms with Crippen molar-refractivity contribution in [2.24, 2.45) is 17.6 Å². The zero-order valence-corrected chi connectivity index (χ0v) is 12.1. The molecule has 0 spiro atoms. The molecule has 1 saturated carbocycles. The molecule has 1 aromatic carbocycles. The Morgan fingerprint density at radius 3 is 2.95 bits per heavy atom. The summed E-state index contributed by atoms with van der Waals surface area (Å²) in [5, 5.41) is 3.00. The van der Waals surface area contributed by atoms with Crippen molar-refractivity contribution >= 4 is 11.6 Å². The van der Waals surface area contributed by atoms with E-state index in [2.05, 4.69) is 5.32 Å². The number of ether oxygens (including phenoxy) is 1. The van der Waals surface area contributed by atoms with Crippen LogP contribution < -0.4 is 15.8 Å². The first-order valence-corrected chi connectivity index (χ1v) is 7.48. The first-order valence-electron chi connectivity index (χ1n) is 7.48. The molecule has 2 rings (SSSR count). The Hall–Kier alpha value is -1.55. The van der Waals surface area contributed by atoms with Crippen molar-refractivity contribution in [1.82, 2.24) is 0 Å². The van der Waals surface area contributed by atoms with E-state index < -0.39 is 0 Å². The Labute approximate surface area is 120 Å². The first kappa shape index (κ1) is 14.9. The van der Waals surface area contributed by atoms with Crippen LogP contribution in [-0.2, 0) is 4.79 Å². The first-order chi connectivity index (χ1) is 9.74. The van der Waals surface area contributed by atoms with Gasteiger partial charge in [0.15, 0.2) is 0 Å². The zero-order valence-electron chi connectivity index (χ0n) is 12.1. The summed E-state index contributed by atoms with van der Waals surface area (Å²) in [6, 6.07) is 7.53. The molecule has 0 saturated heterocycles. The highest BCUT2D eigenvalue weighted by molar-refractivity contribution is 5.93. The summed E-state index contributed by atoms with van der Waals surface area (Å²) in [5.74, 6) is 1.24. The van der Waals surface area contributed by atoms with Crippen LogP contribution in [0, 0.1) is 11.8 Å². The molecule has 4 heteroatoms. The third-order valence-electron chi connectivity index (χ3n) is 3.96. The molecule has 0 heterocycles. The summed E-state index contributed by atoms with van der Waals surface area (Å²) in [6.45, 7) is 3.16. The minimum Gasteiger partial charge on any atom is -0.494 e. The van der Waals surface area contributed by atoms with Gasteiger partial charge in [-0.05, 0) is 44.4 Å². The molecule has 2 atom stereocenters. The van der Waals surface area contributed by atoms with Gasteiger partial charge in [0.2, 0.25) is 5.91 Å². The lowest BCUT2D eigenvalue weighted by molar-refractivity contribution is -0.122. The highest BCUT2D eigenvalue weighted by Gasteiger charge is 2.29. The Balaban J connectivity index is 2.01. The van der Waals surface area contributed by atoms with Crippen molar-refractivity contribution in [3.8, 4) is 5.75 Å². The zero-order chi connectivity index (χ0) is 14.4. The van der Waals surface area contributed by atoms with E-state index in [9.17, 15) is 4.79 Å². The van der Waals surface area contributed by atoms with Crippen molar-refractivity contribution in [2.45, 2.75) is 32.6 Å². The molecule has 4 nitrogen and oxygen atoms in total. The van der Waals surface area contributed by atoms with Crippen molar-refractivity contribution in [3.05, 3.63) is 24.3 Å². The summed E-state index contributed by atoms with van der Waals surface area (Å²) in [7, 11) is 0. The number of anilines is 1. The average molecular weight is 276 g/mol. The van der Waals surface area contributed by atoms with Gasteiger partial charge in [0, 0.05) is 17.7 Å². The van der Waals surface area contributed by atoms with Crippen LogP contribution in [0.4, 0.5) is 5.69 Å². The molecule has 20 heavy (non-hydrogen) atoms. The van der Waals surface area contributed by atoms with Gasteiger partial charge in [-0.25, -0.2) is 0 Å². The Kier molecular flexibility index (Phi) is 5.41. The molecular weight excluding hydrogens is 252 g/mol. The van der Waals surface area contributed by atoms with E-state index in [0.29, 0.717) is 19.1 Å². The van der Waals surface area contributed by atoms with Crippen LogP contribution in [0.5, 0.6) is 5.75 Å². The summed E-state index contributed by atoms with van der Waals surface area (Å²) in [5.41, 5.74) is 6.58. The molecule has 1 fully saturated rings. The van der Waals surface area contributed by atoms with Gasteiger partial charge in [-0.1, -0.05) is 18.9 Å². The van der Waals surface area contributed by atoms with Crippen LogP contribution in [0.1, 0.15) is 32.6 Å². The molecule has 0 bridgehead atoms. The number of hydrogen-bond donors (Lipinski definition) is 2. The molecule has 1 amide bonds. The quantitative estimate of drug-likeness (QED) is 0.869. The second kappa shape index (κ2) is 7.29. The van der Waals surface area contributed by atoms with Crippen molar-refractivity contribution in [1.29, 1.82) is 0 Å². The number of rotatable bonds is 5. The van der Waals surface area contributed by atoms with Crippen LogP contribution in [0.3, 0.4) is 0 Å². The minimum absolute atomic E-state index is 0.0458. The van der Waals surface area contributed by atoms with E-state index in [4.69, 9.17) is 10.5 Å². The second-order valence-corrected chi connectivity index (χ2v) is 5.34. The van der Waals surface area contributed by atoms with E-state index in [1.807, 2.05) is 31.2 Å². The average Bonchev–Trinajstić information content (AvgIpc) is 2.48. The van der Waals surface area contributed by atoms with Crippen molar-refractivity contribution in [2.75, 3.05) is 18.5 Å². The summed E-state index contributed by atoms with van der Waals surface area (Å²) >= 11 is 0. The third-order valence-corrected chi connectivity index (χ3v) is 3.96. The second-order valence-electron chi connectivity index (χ2n) is 5.34. The van der Waals surface area contributed by atoms with Gasteiger partial charge in [0.25, 0.3) is 0 Å². The fourth-order valence-corrected chi connectivity index (χ4v) is 2.90. The van der Waals surface area contributed by atoms with Gasteiger partial charge in [-0.2, -0.15) is 0 Å². The molecule has 1 aliphatic carbocycles. The Bertz CT molecular complexity index is 448. The van der Waals surface area contributed by atoms with Crippen LogP contribution in [0.15, 0.2) is 24.3 Å². The summed E-state index contributed by atoms with van der Waals surface area (Å²) in [6.07, 6.45) is 4.31. The number of amides is 1. The molecular formula is C16H24N2O2. The number of benzene rings is 1. The van der Waals surface area contributed by atoms with Gasteiger partial charge in [-0.3, -0.25) is 4.79 Å². The standard InChI is InChI=1S/C16H24N2O2/c1-2-20-14-8-5-7-13(10-14)18-16(19)15-9-4-3-6-12(15)11-17/h5,7-8,10,12,15H,2-4,6,9,11,17H2,1H3,(H,18,19). The molecule has 1 aliphatic rings. The highest BCUT2D eigenvalue weighted by Crippen LogP contribution is 2.30. The molecule has 110 valence electrons. The Morgan fingerprint density at radius 2 is 2.20 bits per heavy atom. The third kappa shape index (κ3) is 3.73. The molecule has 0 aliphatic heterocycles. The smallest absolute Gasteiger partial charge is 0.227 e. The maximum Gasteiger partial charge on any atom is 0.227 e. The number of hydrogen-bond acceptors (Lipinski definition) is 3. The number of carbonyl (C=O) groups is 1. The van der Waals surface area contributed by atoms with Gasteiger partial charge in [0.05, 0.1) is 6.61 Å². The monoisotopic (exact) mass is 276 g/mol. The van der Waals surface area contributed by atoms with Gasteiger partial charge >= 0.3 is 0 Å². The normalized spacial score (nSPS) is 22.3. The van der Waals surface area contributed by atoms with Crippen molar-refractivity contribution in [3.63, 3.8) is 0 Å². The number of nitrogens with two attached hydrogens (primary N) is 1. The van der Waals surface area contributed by atoms with Crippen LogP contribution in [0.2, 0.25) is 0 Å². The van der Waals surface area contributed by atoms with E-state index in [0.717, 1.165) is 30.7 Å². The molecule has 1 aromatic rings. The van der Waals surface area contributed by atoms with E-state index >= 15 is 0 Å². The van der Waals surface area contributed by atoms with E-state index in [1.165, 1.54) is 6.42 Å². The lowest BCUT2D eigenvalue weighted by Gasteiger charge is -2.29. The Morgan fingerprint density at radius 1 is 1.40 bits per heavy atom. The lowest BCUT2D eigenvalue weighted by atomic mass is 9.78. The van der Waals surface area contributed by atoms with E-state index in [1.54, 1.807) is 0 Å². The predicted octanol–water partition coefficient (Wildman–Crippen LogP) is 2.79. The minimum atomic E-state index is 0.0458. The SMILES string of the molecule is CCOc1cccc(NC(=O)C2CCCCC2CN)c1. The lowest BCUT2D eigenvalue weighted by Crippen LogP contribution is -2.35. The number of nitrogens with one attached hydrogen (secondary N) is 1. The fraction of sp³-hybridized carbons (Fsp3) is 0.562. The largest absolute Gasteiger partial charge is 0.494 e. The fourth-order valence-electron chi connectivity index (χ4n) is 2.90. The van der Waals surface area contributed by atoms with Gasteiger partial charge in [0.1, 0.15) is 5.75 Å². The van der Waals surface area contributed by atoms with Crippen LogP contribution >= 0.6 is 0 Å². The van der Waals surface area contributed by atoms with Crippen molar-refractivity contribution < 1.29 is 9.53 Å². The maximum absolute atomic E-state index is 12.4. The highest BCUT2D eigenvalue weighted by atomic mass is 16.5. The van der Waals surface area contributed by atoms with Crippen LogP contribution in [0.25, 0.3) is 0 Å². The molecule has 2 unspecified atom stereocenters. The molecule has 3 N–H and O–H groups in total. The summed E-state index contributed by atoms with van der Waals surface area (Å²) in [4.78, 5) is 12.4. The van der Waals surface area contributed by atoms with E-state index in [-0.39, 0.29) is 11.8 Å². The summed E-state index contributed by atoms with van der Waals surface area (Å²) < 4.78 is 5.44. The molecule has 0 aromatic heterocycles. The topological polar surface area (TPSA) is 64.3 Å². The van der Waals surface area contributed by atoms with Crippen LogP contribution in [-0.4, -0.2) is 19.1 Å². The number of carbonyl (C=O) groups excluding carboxylic acids is 1. The maximum atomic E-state index is 12.4. The predicted molar refractivity (Wildman–Crippen MR) is 80.7 cm³/mol. The molecule has 0 radical (unpaired) electrons.